The van der Waals surface area contributed by atoms with Crippen molar-refractivity contribution >= 4 is 12.2 Å². The number of carboxylic acids is 1. The summed E-state index contributed by atoms with van der Waals surface area (Å²) in [5.74, 6) is -0.984. The average Bonchev–Trinajstić information content (AvgIpc) is 1.61. The zero-order chi connectivity index (χ0) is 5.70. The predicted molar refractivity (Wildman–Crippen MR) is 26.7 cm³/mol. The van der Waals surface area contributed by atoms with Crippen LogP contribution in [0.3, 0.4) is 0 Å². The quantitative estimate of drug-likeness (QED) is 0.504. The molecule has 0 aliphatic heterocycles. The fraction of sp³-hybridized carbons (Fsp3) is 0.500. The molecular weight excluding hydrogens is 94.0 g/mol. The lowest BCUT2D eigenvalue weighted by Gasteiger charge is -1.74. The summed E-state index contributed by atoms with van der Waals surface area (Å²) in [5.41, 5.74) is 0. The number of rotatable bonds is 2. The van der Waals surface area contributed by atoms with Crippen LogP contribution in [-0.2, 0) is 4.79 Å². The Labute approximate surface area is 41.7 Å². The van der Waals surface area contributed by atoms with Crippen molar-refractivity contribution in [3.05, 3.63) is 0 Å². The van der Waals surface area contributed by atoms with Gasteiger partial charge in [-0.25, -0.2) is 4.79 Å². The number of nitrogens with zero attached hydrogens (tertiary/aromatic N) is 1. The largest absolute Gasteiger partial charge is 0.477 e. The van der Waals surface area contributed by atoms with Gasteiger partial charge in [-0.3, -0.25) is 4.99 Å². The molecule has 0 spiro atoms. The molecule has 0 aliphatic carbocycles. The molecule has 3 heteroatoms. The van der Waals surface area contributed by atoms with Gasteiger partial charge in [-0.2, -0.15) is 0 Å². The molecule has 0 aromatic rings. The van der Waals surface area contributed by atoms with E-state index in [1.54, 1.807) is 6.92 Å². The topological polar surface area (TPSA) is 49.7 Å². The lowest BCUT2D eigenvalue weighted by molar-refractivity contribution is -0.128. The van der Waals surface area contributed by atoms with Gasteiger partial charge in [0.25, 0.3) is 0 Å². The van der Waals surface area contributed by atoms with Gasteiger partial charge in [-0.15, -0.1) is 0 Å². The SMILES string of the molecule is CCN=CC(=O)O. The molecular formula is C4H7NO2. The molecule has 0 amide bonds. The van der Waals surface area contributed by atoms with E-state index in [0.29, 0.717) is 6.54 Å². The minimum atomic E-state index is -0.984. The van der Waals surface area contributed by atoms with E-state index < -0.39 is 5.97 Å². The lowest BCUT2D eigenvalue weighted by Crippen LogP contribution is -1.94. The smallest absolute Gasteiger partial charge is 0.346 e. The number of carbonyl (C=O) groups is 1. The van der Waals surface area contributed by atoms with Gasteiger partial charge >= 0.3 is 5.97 Å². The predicted octanol–water partition coefficient (Wildman–Crippen LogP) is 0.162. The second-order valence-electron chi connectivity index (χ2n) is 0.966. The molecule has 0 saturated heterocycles. The molecule has 1 N–H and O–H groups in total. The third kappa shape index (κ3) is 5.14. The minimum Gasteiger partial charge on any atom is -0.477 e. The molecule has 40 valence electrons. The van der Waals surface area contributed by atoms with Crippen LogP contribution in [0.25, 0.3) is 0 Å². The molecule has 0 aliphatic rings. The second kappa shape index (κ2) is 3.33. The summed E-state index contributed by atoms with van der Waals surface area (Å²) in [4.78, 5) is 13.1. The number of aliphatic carboxylic acids is 1. The minimum absolute atomic E-state index is 0.534. The summed E-state index contributed by atoms with van der Waals surface area (Å²) >= 11 is 0. The molecule has 0 bridgehead atoms. The van der Waals surface area contributed by atoms with E-state index in [-0.39, 0.29) is 0 Å². The highest BCUT2D eigenvalue weighted by Gasteiger charge is 1.80. The van der Waals surface area contributed by atoms with Gasteiger partial charge in [0.15, 0.2) is 0 Å². The van der Waals surface area contributed by atoms with Gasteiger partial charge in [-0.05, 0) is 6.92 Å². The van der Waals surface area contributed by atoms with Crippen LogP contribution in [0, 0.1) is 0 Å². The zero-order valence-corrected chi connectivity index (χ0v) is 4.09. The fourth-order valence-electron chi connectivity index (χ4n) is 0.169. The van der Waals surface area contributed by atoms with Crippen molar-refractivity contribution in [3.63, 3.8) is 0 Å². The third-order valence-electron chi connectivity index (χ3n) is 0.384. The van der Waals surface area contributed by atoms with Crippen molar-refractivity contribution in [1.29, 1.82) is 0 Å². The van der Waals surface area contributed by atoms with Gasteiger partial charge in [-0.1, -0.05) is 0 Å². The second-order valence-corrected chi connectivity index (χ2v) is 0.966. The van der Waals surface area contributed by atoms with E-state index in [1.165, 1.54) is 0 Å². The molecule has 0 rings (SSSR count). The normalized spacial score (nSPS) is 9.86. The van der Waals surface area contributed by atoms with Crippen LogP contribution in [0.5, 0.6) is 0 Å². The zero-order valence-electron chi connectivity index (χ0n) is 4.09. The first-order valence-corrected chi connectivity index (χ1v) is 2.00. The summed E-state index contributed by atoms with van der Waals surface area (Å²) in [6, 6.07) is 0. The molecule has 7 heavy (non-hydrogen) atoms. The highest BCUT2D eigenvalue weighted by Crippen LogP contribution is 1.61. The maximum Gasteiger partial charge on any atom is 0.346 e. The summed E-state index contributed by atoms with van der Waals surface area (Å²) in [5, 5.41) is 7.90. The van der Waals surface area contributed by atoms with E-state index in [2.05, 4.69) is 4.99 Å². The number of carboxylic acid groups (broad SMARTS) is 1. The van der Waals surface area contributed by atoms with E-state index in [4.69, 9.17) is 5.11 Å². The molecule has 0 aromatic carbocycles. The van der Waals surface area contributed by atoms with E-state index in [0.717, 1.165) is 6.21 Å². The van der Waals surface area contributed by atoms with Crippen molar-refractivity contribution in [2.24, 2.45) is 4.99 Å². The number of hydrogen-bond donors (Lipinski definition) is 1. The Morgan fingerprint density at radius 1 is 2.00 bits per heavy atom. The van der Waals surface area contributed by atoms with Crippen molar-refractivity contribution in [2.45, 2.75) is 6.92 Å². The van der Waals surface area contributed by atoms with Gasteiger partial charge in [0.1, 0.15) is 6.21 Å². The highest BCUT2D eigenvalue weighted by atomic mass is 16.4. The Balaban J connectivity index is 3.26. The molecule has 0 fully saturated rings. The standard InChI is InChI=1S/C4H7NO2/c1-2-5-3-4(6)7/h3H,2H2,1H3,(H,6,7). The molecule has 3 nitrogen and oxygen atoms in total. The van der Waals surface area contributed by atoms with E-state index in [9.17, 15) is 4.79 Å². The van der Waals surface area contributed by atoms with Crippen LogP contribution in [0.2, 0.25) is 0 Å². The highest BCUT2D eigenvalue weighted by molar-refractivity contribution is 6.21. The first-order chi connectivity index (χ1) is 3.27. The first-order valence-electron chi connectivity index (χ1n) is 2.00. The summed E-state index contributed by atoms with van der Waals surface area (Å²) in [6.07, 6.45) is 0.889. The van der Waals surface area contributed by atoms with Crippen molar-refractivity contribution in [1.82, 2.24) is 0 Å². The lowest BCUT2D eigenvalue weighted by atomic mass is 10.7. The summed E-state index contributed by atoms with van der Waals surface area (Å²) < 4.78 is 0. The van der Waals surface area contributed by atoms with Crippen molar-refractivity contribution < 1.29 is 9.90 Å². The Morgan fingerprint density at radius 3 is 2.71 bits per heavy atom. The van der Waals surface area contributed by atoms with Gasteiger partial charge in [0, 0.05) is 6.54 Å². The van der Waals surface area contributed by atoms with Crippen molar-refractivity contribution in [3.8, 4) is 0 Å². The molecule has 0 heterocycles. The fourth-order valence-corrected chi connectivity index (χ4v) is 0.169. The van der Waals surface area contributed by atoms with Crippen LogP contribution < -0.4 is 0 Å². The number of aliphatic imine (C=N–C) groups is 1. The Bertz CT molecular complexity index is 87.7. The molecule has 0 saturated carbocycles. The van der Waals surface area contributed by atoms with Crippen molar-refractivity contribution in [2.75, 3.05) is 6.54 Å². The monoisotopic (exact) mass is 101 g/mol. The molecule has 0 atom stereocenters. The molecule has 0 unspecified atom stereocenters. The van der Waals surface area contributed by atoms with Crippen LogP contribution in [0.1, 0.15) is 6.92 Å². The average molecular weight is 101 g/mol. The first kappa shape index (κ1) is 6.14. The van der Waals surface area contributed by atoms with Crippen LogP contribution in [0.4, 0.5) is 0 Å². The Morgan fingerprint density at radius 2 is 2.57 bits per heavy atom. The van der Waals surface area contributed by atoms with Gasteiger partial charge in [0.2, 0.25) is 0 Å². The van der Waals surface area contributed by atoms with E-state index in [1.807, 2.05) is 0 Å². The summed E-state index contributed by atoms with van der Waals surface area (Å²) in [7, 11) is 0. The number of hydrogen-bond acceptors (Lipinski definition) is 2. The Kier molecular flexibility index (Phi) is 2.92. The maximum absolute atomic E-state index is 9.61. The van der Waals surface area contributed by atoms with Crippen LogP contribution in [0.15, 0.2) is 4.99 Å². The van der Waals surface area contributed by atoms with Crippen LogP contribution in [-0.4, -0.2) is 23.8 Å². The van der Waals surface area contributed by atoms with Gasteiger partial charge in [0.05, 0.1) is 0 Å². The Hall–Kier alpha value is -0.860. The summed E-state index contributed by atoms with van der Waals surface area (Å²) in [6.45, 7) is 2.31. The molecule has 0 aromatic heterocycles. The maximum atomic E-state index is 9.61. The van der Waals surface area contributed by atoms with Gasteiger partial charge < -0.3 is 5.11 Å². The van der Waals surface area contributed by atoms with Crippen LogP contribution >= 0.6 is 0 Å². The third-order valence-corrected chi connectivity index (χ3v) is 0.384. The molecule has 0 radical (unpaired) electrons. The van der Waals surface area contributed by atoms with E-state index >= 15 is 0 Å².